The standard InChI is InChI=1S/C15H17N3O2/c1-9-2-4-10(5-3-9)13-12(14(16)19)18-15(20-13)11-6-7-17-8-11/h2-5,11,17H,6-8H2,1H3,(H2,16,19). The van der Waals surface area contributed by atoms with Crippen LogP contribution in [0, 0.1) is 6.92 Å². The number of hydrogen-bond acceptors (Lipinski definition) is 4. The molecule has 1 atom stereocenters. The Morgan fingerprint density at radius 1 is 1.40 bits per heavy atom. The molecule has 1 aliphatic rings. The fourth-order valence-corrected chi connectivity index (χ4v) is 2.44. The molecule has 0 radical (unpaired) electrons. The minimum atomic E-state index is -0.554. The molecule has 5 nitrogen and oxygen atoms in total. The molecular formula is C15H17N3O2. The van der Waals surface area contributed by atoms with Gasteiger partial charge in [0.05, 0.1) is 0 Å². The second kappa shape index (κ2) is 5.09. The highest BCUT2D eigenvalue weighted by Gasteiger charge is 2.26. The van der Waals surface area contributed by atoms with Gasteiger partial charge in [0.25, 0.3) is 5.91 Å². The van der Waals surface area contributed by atoms with Gasteiger partial charge in [0.15, 0.2) is 17.3 Å². The molecule has 5 heteroatoms. The third-order valence-electron chi connectivity index (χ3n) is 3.60. The van der Waals surface area contributed by atoms with Gasteiger partial charge in [-0.25, -0.2) is 4.98 Å². The van der Waals surface area contributed by atoms with Crippen LogP contribution in [0.2, 0.25) is 0 Å². The molecule has 0 saturated carbocycles. The van der Waals surface area contributed by atoms with Crippen LogP contribution in [0.1, 0.15) is 34.3 Å². The first kappa shape index (κ1) is 12.9. The maximum atomic E-state index is 11.6. The Kier molecular flexibility index (Phi) is 3.28. The molecule has 1 aromatic carbocycles. The van der Waals surface area contributed by atoms with E-state index in [-0.39, 0.29) is 11.6 Å². The minimum Gasteiger partial charge on any atom is -0.439 e. The third-order valence-corrected chi connectivity index (χ3v) is 3.60. The highest BCUT2D eigenvalue weighted by molar-refractivity contribution is 5.96. The van der Waals surface area contributed by atoms with Gasteiger partial charge in [-0.2, -0.15) is 0 Å². The van der Waals surface area contributed by atoms with Gasteiger partial charge >= 0.3 is 0 Å². The summed E-state index contributed by atoms with van der Waals surface area (Å²) in [6.45, 7) is 3.78. The smallest absolute Gasteiger partial charge is 0.271 e. The second-order valence-corrected chi connectivity index (χ2v) is 5.15. The summed E-state index contributed by atoms with van der Waals surface area (Å²) in [7, 11) is 0. The van der Waals surface area contributed by atoms with Crippen LogP contribution in [0.5, 0.6) is 0 Å². The van der Waals surface area contributed by atoms with Gasteiger partial charge in [0, 0.05) is 18.0 Å². The van der Waals surface area contributed by atoms with Gasteiger partial charge in [0.2, 0.25) is 0 Å². The third kappa shape index (κ3) is 2.32. The van der Waals surface area contributed by atoms with Crippen molar-refractivity contribution in [2.24, 2.45) is 5.73 Å². The number of nitrogens with one attached hydrogen (secondary N) is 1. The van der Waals surface area contributed by atoms with Crippen LogP contribution >= 0.6 is 0 Å². The largest absolute Gasteiger partial charge is 0.439 e. The molecule has 20 heavy (non-hydrogen) atoms. The summed E-state index contributed by atoms with van der Waals surface area (Å²) in [5, 5.41) is 3.26. The van der Waals surface area contributed by atoms with Gasteiger partial charge in [-0.05, 0) is 19.9 Å². The van der Waals surface area contributed by atoms with Crippen molar-refractivity contribution in [2.45, 2.75) is 19.3 Å². The molecule has 2 heterocycles. The number of primary amides is 1. The number of carbonyl (C=O) groups excluding carboxylic acids is 1. The van der Waals surface area contributed by atoms with Crippen molar-refractivity contribution in [3.63, 3.8) is 0 Å². The van der Waals surface area contributed by atoms with Crippen molar-refractivity contribution < 1.29 is 9.21 Å². The Labute approximate surface area is 117 Å². The maximum absolute atomic E-state index is 11.6. The molecular weight excluding hydrogens is 254 g/mol. The van der Waals surface area contributed by atoms with E-state index >= 15 is 0 Å². The molecule has 0 bridgehead atoms. The number of carbonyl (C=O) groups is 1. The molecule has 3 rings (SSSR count). The second-order valence-electron chi connectivity index (χ2n) is 5.15. The van der Waals surface area contributed by atoms with Gasteiger partial charge in [0.1, 0.15) is 0 Å². The summed E-state index contributed by atoms with van der Waals surface area (Å²) in [6.07, 6.45) is 0.964. The monoisotopic (exact) mass is 271 g/mol. The SMILES string of the molecule is Cc1ccc(-c2oc(C3CCNC3)nc2C(N)=O)cc1. The number of nitrogens with zero attached hydrogens (tertiary/aromatic N) is 1. The topological polar surface area (TPSA) is 81.2 Å². The molecule has 3 N–H and O–H groups in total. The number of oxazole rings is 1. The number of amides is 1. The van der Waals surface area contributed by atoms with E-state index in [0.717, 1.165) is 30.6 Å². The number of hydrogen-bond donors (Lipinski definition) is 2. The van der Waals surface area contributed by atoms with Gasteiger partial charge in [-0.15, -0.1) is 0 Å². The maximum Gasteiger partial charge on any atom is 0.271 e. The number of rotatable bonds is 3. The zero-order valence-corrected chi connectivity index (χ0v) is 11.3. The first-order valence-electron chi connectivity index (χ1n) is 6.73. The molecule has 2 aromatic rings. The molecule has 0 aliphatic carbocycles. The lowest BCUT2D eigenvalue weighted by Crippen LogP contribution is -2.13. The summed E-state index contributed by atoms with van der Waals surface area (Å²) in [4.78, 5) is 15.9. The fraction of sp³-hybridized carbons (Fsp3) is 0.333. The Balaban J connectivity index is 2.04. The van der Waals surface area contributed by atoms with Crippen LogP contribution in [0.15, 0.2) is 28.7 Å². The summed E-state index contributed by atoms with van der Waals surface area (Å²) < 4.78 is 5.83. The van der Waals surface area contributed by atoms with E-state index in [1.54, 1.807) is 0 Å². The Hall–Kier alpha value is -2.14. The van der Waals surface area contributed by atoms with Crippen molar-refractivity contribution in [2.75, 3.05) is 13.1 Å². The lowest BCUT2D eigenvalue weighted by molar-refractivity contribution is 0.0996. The van der Waals surface area contributed by atoms with E-state index < -0.39 is 5.91 Å². The summed E-state index contributed by atoms with van der Waals surface area (Å²) in [5.74, 6) is 0.729. The lowest BCUT2D eigenvalue weighted by Gasteiger charge is -2.01. The first-order valence-corrected chi connectivity index (χ1v) is 6.73. The van der Waals surface area contributed by atoms with E-state index in [0.29, 0.717) is 11.7 Å². The number of benzene rings is 1. The van der Waals surface area contributed by atoms with Gasteiger partial charge < -0.3 is 15.5 Å². The van der Waals surface area contributed by atoms with E-state index in [2.05, 4.69) is 10.3 Å². The number of nitrogens with two attached hydrogens (primary N) is 1. The van der Waals surface area contributed by atoms with Crippen molar-refractivity contribution in [3.8, 4) is 11.3 Å². The molecule has 1 saturated heterocycles. The molecule has 1 unspecified atom stereocenters. The summed E-state index contributed by atoms with van der Waals surface area (Å²) in [5.41, 5.74) is 7.61. The normalized spacial score (nSPS) is 18.4. The van der Waals surface area contributed by atoms with Crippen LogP contribution in [-0.2, 0) is 0 Å². The fourth-order valence-electron chi connectivity index (χ4n) is 2.44. The van der Waals surface area contributed by atoms with Crippen LogP contribution in [0.25, 0.3) is 11.3 Å². The van der Waals surface area contributed by atoms with Gasteiger partial charge in [-0.3, -0.25) is 4.79 Å². The van der Waals surface area contributed by atoms with Crippen LogP contribution < -0.4 is 11.1 Å². The van der Waals surface area contributed by atoms with Crippen molar-refractivity contribution >= 4 is 5.91 Å². The Morgan fingerprint density at radius 3 is 2.75 bits per heavy atom. The Bertz CT molecular complexity index is 625. The predicted molar refractivity (Wildman–Crippen MR) is 75.4 cm³/mol. The van der Waals surface area contributed by atoms with Crippen molar-refractivity contribution in [1.29, 1.82) is 0 Å². The molecule has 0 spiro atoms. The average Bonchev–Trinajstić information content (AvgIpc) is 3.08. The average molecular weight is 271 g/mol. The predicted octanol–water partition coefficient (Wildman–Crippen LogP) is 1.83. The molecule has 1 amide bonds. The van der Waals surface area contributed by atoms with Crippen molar-refractivity contribution in [3.05, 3.63) is 41.4 Å². The highest BCUT2D eigenvalue weighted by Crippen LogP contribution is 2.30. The zero-order valence-electron chi connectivity index (χ0n) is 11.3. The van der Waals surface area contributed by atoms with E-state index in [9.17, 15) is 4.79 Å². The van der Waals surface area contributed by atoms with Gasteiger partial charge in [-0.1, -0.05) is 29.8 Å². The first-order chi connectivity index (χ1) is 9.65. The molecule has 1 fully saturated rings. The van der Waals surface area contributed by atoms with Crippen LogP contribution in [-0.4, -0.2) is 24.0 Å². The summed E-state index contributed by atoms with van der Waals surface area (Å²) in [6, 6.07) is 7.77. The van der Waals surface area contributed by atoms with E-state index in [1.807, 2.05) is 31.2 Å². The number of aryl methyl sites for hydroxylation is 1. The molecule has 104 valence electrons. The molecule has 1 aromatic heterocycles. The van der Waals surface area contributed by atoms with Crippen LogP contribution in [0.3, 0.4) is 0 Å². The quantitative estimate of drug-likeness (QED) is 0.892. The highest BCUT2D eigenvalue weighted by atomic mass is 16.4. The van der Waals surface area contributed by atoms with E-state index in [4.69, 9.17) is 10.2 Å². The summed E-state index contributed by atoms with van der Waals surface area (Å²) >= 11 is 0. The van der Waals surface area contributed by atoms with E-state index in [1.165, 1.54) is 0 Å². The van der Waals surface area contributed by atoms with Crippen LogP contribution in [0.4, 0.5) is 0 Å². The van der Waals surface area contributed by atoms with Crippen molar-refractivity contribution in [1.82, 2.24) is 10.3 Å². The number of aromatic nitrogens is 1. The minimum absolute atomic E-state index is 0.215. The molecule has 1 aliphatic heterocycles. The Morgan fingerprint density at radius 2 is 2.15 bits per heavy atom. The zero-order chi connectivity index (χ0) is 14.1. The lowest BCUT2D eigenvalue weighted by atomic mass is 10.1.